The van der Waals surface area contributed by atoms with Crippen molar-refractivity contribution in [2.24, 2.45) is 0 Å². The van der Waals surface area contributed by atoms with Crippen LogP contribution in [0.5, 0.6) is 5.75 Å². The molecule has 1 amide bonds. The highest BCUT2D eigenvalue weighted by Crippen LogP contribution is 2.31. The number of benzene rings is 1. The highest BCUT2D eigenvalue weighted by atomic mass is 32.1. The molecule has 1 aromatic carbocycles. The van der Waals surface area contributed by atoms with Crippen LogP contribution in [0.2, 0.25) is 0 Å². The molecule has 0 radical (unpaired) electrons. The Kier molecular flexibility index (Phi) is 6.80. The molecule has 1 atom stereocenters. The van der Waals surface area contributed by atoms with Gasteiger partial charge in [0.1, 0.15) is 22.4 Å². The number of nitrogens with one attached hydrogen (secondary N) is 1. The van der Waals surface area contributed by atoms with E-state index in [2.05, 4.69) is 5.32 Å². The molecule has 5 nitrogen and oxygen atoms in total. The number of alkyl halides is 3. The fourth-order valence-corrected chi connectivity index (χ4v) is 2.76. The Balaban J connectivity index is 2.13. The normalized spacial score (nSPS) is 16.7. The molecule has 156 valence electrons. The average Bonchev–Trinajstić information content (AvgIpc) is 2.52. The van der Waals surface area contributed by atoms with Crippen molar-refractivity contribution in [1.29, 1.82) is 0 Å². The van der Waals surface area contributed by atoms with E-state index in [1.165, 1.54) is 4.90 Å². The minimum absolute atomic E-state index is 0.0646. The van der Waals surface area contributed by atoms with E-state index < -0.39 is 24.3 Å². The van der Waals surface area contributed by atoms with Crippen LogP contribution in [0, 0.1) is 0 Å². The minimum atomic E-state index is -4.26. The first-order valence-corrected chi connectivity index (χ1v) is 9.40. The van der Waals surface area contributed by atoms with Crippen LogP contribution in [0.4, 0.5) is 23.7 Å². The van der Waals surface area contributed by atoms with Gasteiger partial charge in [0.05, 0.1) is 5.69 Å². The Morgan fingerprint density at radius 1 is 1.32 bits per heavy atom. The molecular formula is C19H25F3N2O3S. The number of fused-ring (bicyclic) bond motifs is 1. The lowest BCUT2D eigenvalue weighted by molar-refractivity contribution is -0.136. The number of anilines is 1. The van der Waals surface area contributed by atoms with Crippen molar-refractivity contribution >= 4 is 29.0 Å². The third-order valence-electron chi connectivity index (χ3n) is 3.89. The summed E-state index contributed by atoms with van der Waals surface area (Å²) in [4.78, 5) is 14.3. The number of carbonyl (C=O) groups excluding carboxylic acids is 1. The monoisotopic (exact) mass is 418 g/mol. The quantitative estimate of drug-likeness (QED) is 0.659. The van der Waals surface area contributed by atoms with Crippen molar-refractivity contribution in [2.45, 2.75) is 65.0 Å². The smallest absolute Gasteiger partial charge is 0.410 e. The summed E-state index contributed by atoms with van der Waals surface area (Å²) in [6.07, 6.45) is -6.32. The number of carbonyl (C=O) groups is 1. The second kappa shape index (κ2) is 8.55. The van der Waals surface area contributed by atoms with Crippen LogP contribution in [0.1, 0.15) is 46.1 Å². The summed E-state index contributed by atoms with van der Waals surface area (Å²) < 4.78 is 48.5. The van der Waals surface area contributed by atoms with Crippen molar-refractivity contribution in [3.8, 4) is 5.75 Å². The Bertz CT molecular complexity index is 732. The van der Waals surface area contributed by atoms with Crippen LogP contribution in [-0.2, 0) is 11.3 Å². The SMILES string of the molecule is C[C@H]1Oc2ccc(CN(CCCC(F)(F)F)C(=O)OC(C)(C)C)cc2NC1=S. The van der Waals surface area contributed by atoms with Crippen LogP contribution in [0.3, 0.4) is 0 Å². The molecule has 1 N–H and O–H groups in total. The molecule has 0 unspecified atom stereocenters. The van der Waals surface area contributed by atoms with E-state index in [0.717, 1.165) is 5.56 Å². The Hall–Kier alpha value is -2.03. The van der Waals surface area contributed by atoms with Crippen LogP contribution in [-0.4, -0.2) is 40.4 Å². The first-order valence-electron chi connectivity index (χ1n) is 8.99. The zero-order chi connectivity index (χ0) is 21.1. The Morgan fingerprint density at radius 3 is 2.61 bits per heavy atom. The van der Waals surface area contributed by atoms with Gasteiger partial charge in [-0.2, -0.15) is 13.2 Å². The summed E-state index contributed by atoms with van der Waals surface area (Å²) in [5, 5.41) is 3.08. The number of ether oxygens (including phenoxy) is 2. The Labute approximate surface area is 168 Å². The first-order chi connectivity index (χ1) is 12.8. The highest BCUT2D eigenvalue weighted by molar-refractivity contribution is 7.80. The molecule has 0 aromatic heterocycles. The van der Waals surface area contributed by atoms with E-state index in [4.69, 9.17) is 21.7 Å². The minimum Gasteiger partial charge on any atom is -0.481 e. The fourth-order valence-electron chi connectivity index (χ4n) is 2.61. The topological polar surface area (TPSA) is 50.8 Å². The standard InChI is InChI=1S/C19H25F3N2O3S/c1-12-16(28)23-14-10-13(6-7-15(14)26-12)11-24(9-5-8-19(20,21)22)17(25)27-18(2,3)4/h6-7,10,12H,5,8-9,11H2,1-4H3,(H,23,28)/t12-/m1/s1. The largest absolute Gasteiger partial charge is 0.481 e. The lowest BCUT2D eigenvalue weighted by atomic mass is 10.1. The molecule has 2 rings (SSSR count). The molecule has 0 aliphatic carbocycles. The molecule has 1 aliphatic rings. The lowest BCUT2D eigenvalue weighted by Gasteiger charge is -2.29. The highest BCUT2D eigenvalue weighted by Gasteiger charge is 2.28. The summed E-state index contributed by atoms with van der Waals surface area (Å²) in [7, 11) is 0. The molecule has 0 fully saturated rings. The average molecular weight is 418 g/mol. The van der Waals surface area contributed by atoms with Gasteiger partial charge in [-0.05, 0) is 51.8 Å². The Morgan fingerprint density at radius 2 is 2.00 bits per heavy atom. The summed E-state index contributed by atoms with van der Waals surface area (Å²) in [5.41, 5.74) is 0.650. The van der Waals surface area contributed by atoms with Gasteiger partial charge < -0.3 is 19.7 Å². The van der Waals surface area contributed by atoms with Crippen LogP contribution in [0.25, 0.3) is 0 Å². The van der Waals surface area contributed by atoms with Crippen LogP contribution < -0.4 is 10.1 Å². The van der Waals surface area contributed by atoms with Crippen molar-refractivity contribution in [3.63, 3.8) is 0 Å². The number of thiocarbonyl (C=S) groups is 1. The molecule has 0 spiro atoms. The third kappa shape index (κ3) is 6.85. The number of halogens is 3. The van der Waals surface area contributed by atoms with E-state index in [-0.39, 0.29) is 25.6 Å². The van der Waals surface area contributed by atoms with E-state index in [9.17, 15) is 18.0 Å². The van der Waals surface area contributed by atoms with Gasteiger partial charge in [0.15, 0.2) is 0 Å². The number of rotatable bonds is 5. The number of nitrogens with zero attached hydrogens (tertiary/aromatic N) is 1. The maximum atomic E-state index is 12.5. The van der Waals surface area contributed by atoms with E-state index in [1.807, 2.05) is 6.92 Å². The fraction of sp³-hybridized carbons (Fsp3) is 0.579. The summed E-state index contributed by atoms with van der Waals surface area (Å²) in [5.74, 6) is 0.630. The van der Waals surface area contributed by atoms with Gasteiger partial charge in [-0.25, -0.2) is 4.79 Å². The second-order valence-corrected chi connectivity index (χ2v) is 8.14. The number of amides is 1. The van der Waals surface area contributed by atoms with Gasteiger partial charge in [0.25, 0.3) is 0 Å². The van der Waals surface area contributed by atoms with Crippen LogP contribution in [0.15, 0.2) is 18.2 Å². The first kappa shape index (κ1) is 22.3. The van der Waals surface area contributed by atoms with Gasteiger partial charge in [-0.15, -0.1) is 0 Å². The lowest BCUT2D eigenvalue weighted by Crippen LogP contribution is -2.37. The molecular weight excluding hydrogens is 393 g/mol. The van der Waals surface area contributed by atoms with Gasteiger partial charge in [0, 0.05) is 19.5 Å². The molecule has 1 aliphatic heterocycles. The van der Waals surface area contributed by atoms with E-state index in [0.29, 0.717) is 16.4 Å². The molecule has 1 aromatic rings. The summed E-state index contributed by atoms with van der Waals surface area (Å²) in [6, 6.07) is 5.29. The van der Waals surface area contributed by atoms with Gasteiger partial charge in [0.2, 0.25) is 0 Å². The molecule has 9 heteroatoms. The third-order valence-corrected chi connectivity index (χ3v) is 4.32. The maximum absolute atomic E-state index is 12.5. The molecule has 1 heterocycles. The summed E-state index contributed by atoms with van der Waals surface area (Å²) >= 11 is 5.20. The molecule has 0 saturated heterocycles. The van der Waals surface area contributed by atoms with Crippen molar-refractivity contribution in [1.82, 2.24) is 4.90 Å². The second-order valence-electron chi connectivity index (χ2n) is 7.70. The van der Waals surface area contributed by atoms with E-state index in [1.54, 1.807) is 39.0 Å². The number of hydrogen-bond donors (Lipinski definition) is 1. The van der Waals surface area contributed by atoms with Crippen molar-refractivity contribution < 1.29 is 27.4 Å². The maximum Gasteiger partial charge on any atom is 0.410 e. The van der Waals surface area contributed by atoms with Crippen LogP contribution >= 0.6 is 12.2 Å². The zero-order valence-corrected chi connectivity index (χ0v) is 17.2. The van der Waals surface area contributed by atoms with E-state index >= 15 is 0 Å². The van der Waals surface area contributed by atoms with Crippen molar-refractivity contribution in [3.05, 3.63) is 23.8 Å². The molecule has 28 heavy (non-hydrogen) atoms. The zero-order valence-electron chi connectivity index (χ0n) is 16.4. The predicted octanol–water partition coefficient (Wildman–Crippen LogP) is 5.29. The summed E-state index contributed by atoms with van der Waals surface area (Å²) in [6.45, 7) is 7.01. The van der Waals surface area contributed by atoms with Gasteiger partial charge in [-0.1, -0.05) is 18.3 Å². The van der Waals surface area contributed by atoms with Gasteiger partial charge in [-0.3, -0.25) is 0 Å². The van der Waals surface area contributed by atoms with Gasteiger partial charge >= 0.3 is 12.3 Å². The molecule has 0 bridgehead atoms. The number of hydrogen-bond acceptors (Lipinski definition) is 4. The van der Waals surface area contributed by atoms with Crippen molar-refractivity contribution in [2.75, 3.05) is 11.9 Å². The molecule has 0 saturated carbocycles. The predicted molar refractivity (Wildman–Crippen MR) is 105 cm³/mol.